The summed E-state index contributed by atoms with van der Waals surface area (Å²) in [6.45, 7) is 9.35. The number of hydrogen-bond acceptors (Lipinski definition) is 5. The molecule has 5 nitrogen and oxygen atoms in total. The van der Waals surface area contributed by atoms with E-state index in [2.05, 4.69) is 13.0 Å². The van der Waals surface area contributed by atoms with Gasteiger partial charge < -0.3 is 4.74 Å². The molecule has 0 aliphatic carbocycles. The molecule has 1 aliphatic heterocycles. The summed E-state index contributed by atoms with van der Waals surface area (Å²) in [5, 5.41) is 0. The van der Waals surface area contributed by atoms with Crippen LogP contribution in [0.5, 0.6) is 0 Å². The molecule has 0 radical (unpaired) electrons. The van der Waals surface area contributed by atoms with Crippen molar-refractivity contribution < 1.29 is 17.9 Å². The van der Waals surface area contributed by atoms with Gasteiger partial charge in [-0.2, -0.15) is 16.1 Å². The Morgan fingerprint density at radius 1 is 1.07 bits per heavy atom. The molecule has 0 atom stereocenters. The van der Waals surface area contributed by atoms with Crippen LogP contribution in [0.3, 0.4) is 0 Å². The third kappa shape index (κ3) is 4.97. The Balaban J connectivity index is 1.73. The van der Waals surface area contributed by atoms with E-state index < -0.39 is 10.0 Å². The zero-order valence-corrected chi connectivity index (χ0v) is 19.7. The summed E-state index contributed by atoms with van der Waals surface area (Å²) in [4.78, 5) is 12.4. The van der Waals surface area contributed by atoms with Crippen molar-refractivity contribution in [3.05, 3.63) is 63.7 Å². The molecule has 0 saturated carbocycles. The van der Waals surface area contributed by atoms with Crippen LogP contribution in [0.2, 0.25) is 0 Å². The van der Waals surface area contributed by atoms with Crippen molar-refractivity contribution in [2.75, 3.05) is 26.3 Å². The zero-order chi connectivity index (χ0) is 21.9. The second-order valence-electron chi connectivity index (χ2n) is 7.70. The van der Waals surface area contributed by atoms with Gasteiger partial charge in [-0.25, -0.2) is 8.42 Å². The van der Waals surface area contributed by atoms with E-state index in [1.54, 1.807) is 36.9 Å². The fourth-order valence-corrected chi connectivity index (χ4v) is 6.64. The summed E-state index contributed by atoms with van der Waals surface area (Å²) in [6, 6.07) is 9.27. The van der Waals surface area contributed by atoms with Crippen LogP contribution in [0.4, 0.5) is 0 Å². The van der Waals surface area contributed by atoms with Crippen LogP contribution in [0.1, 0.15) is 45.1 Å². The number of hydrogen-bond donors (Lipinski definition) is 0. The third-order valence-electron chi connectivity index (χ3n) is 5.50. The number of morpholine rings is 1. The largest absolute Gasteiger partial charge is 0.379 e. The number of benzene rings is 2. The Hall–Kier alpha value is -1.67. The molecule has 1 aliphatic rings. The average Bonchev–Trinajstić information content (AvgIpc) is 2.71. The number of ether oxygens (including phenoxy) is 1. The minimum Gasteiger partial charge on any atom is -0.379 e. The number of thioether (sulfide) groups is 1. The van der Waals surface area contributed by atoms with E-state index in [9.17, 15) is 13.2 Å². The predicted molar refractivity (Wildman–Crippen MR) is 122 cm³/mol. The fraction of sp³-hybridized carbons (Fsp3) is 0.435. The quantitative estimate of drug-likeness (QED) is 0.593. The van der Waals surface area contributed by atoms with Gasteiger partial charge in [0.25, 0.3) is 0 Å². The standard InChI is InChI=1S/C23H29NO4S2/c1-16-12-17(2)23(19(4)25)18(3)22(16)15-29-14-20-6-5-7-21(13-20)30(26,27)24-8-10-28-11-9-24/h5-7,12-13H,8-11,14-15H2,1-4H3. The molecule has 1 heterocycles. The second-order valence-corrected chi connectivity index (χ2v) is 10.6. The van der Waals surface area contributed by atoms with Gasteiger partial charge >= 0.3 is 0 Å². The fourth-order valence-electron chi connectivity index (χ4n) is 3.99. The normalized spacial score (nSPS) is 15.3. The van der Waals surface area contributed by atoms with Gasteiger partial charge in [0.15, 0.2) is 5.78 Å². The molecule has 0 spiro atoms. The van der Waals surface area contributed by atoms with E-state index in [0.717, 1.165) is 28.0 Å². The first-order valence-corrected chi connectivity index (χ1v) is 12.7. The second kappa shape index (κ2) is 9.64. The van der Waals surface area contributed by atoms with E-state index in [0.29, 0.717) is 37.0 Å². The van der Waals surface area contributed by atoms with Crippen molar-refractivity contribution in [2.45, 2.75) is 44.1 Å². The highest BCUT2D eigenvalue weighted by Crippen LogP contribution is 2.28. The first-order valence-electron chi connectivity index (χ1n) is 10.1. The highest BCUT2D eigenvalue weighted by molar-refractivity contribution is 7.97. The van der Waals surface area contributed by atoms with Crippen LogP contribution in [0.25, 0.3) is 0 Å². The zero-order valence-electron chi connectivity index (χ0n) is 18.0. The lowest BCUT2D eigenvalue weighted by Gasteiger charge is -2.26. The molecule has 2 aromatic rings. The highest BCUT2D eigenvalue weighted by Gasteiger charge is 2.26. The molecule has 2 aromatic carbocycles. The molecular weight excluding hydrogens is 418 g/mol. The maximum Gasteiger partial charge on any atom is 0.243 e. The topological polar surface area (TPSA) is 63.7 Å². The van der Waals surface area contributed by atoms with Crippen LogP contribution in [-0.4, -0.2) is 44.8 Å². The van der Waals surface area contributed by atoms with Crippen molar-refractivity contribution in [3.8, 4) is 0 Å². The van der Waals surface area contributed by atoms with Crippen molar-refractivity contribution in [1.29, 1.82) is 0 Å². The first kappa shape index (κ1) is 23.0. The number of nitrogens with zero attached hydrogens (tertiary/aromatic N) is 1. The molecule has 0 amide bonds. The molecule has 7 heteroatoms. The summed E-state index contributed by atoms with van der Waals surface area (Å²) in [5.74, 6) is 1.57. The van der Waals surface area contributed by atoms with E-state index >= 15 is 0 Å². The average molecular weight is 448 g/mol. The number of rotatable bonds is 7. The lowest BCUT2D eigenvalue weighted by Crippen LogP contribution is -2.40. The van der Waals surface area contributed by atoms with Crippen molar-refractivity contribution >= 4 is 27.6 Å². The summed E-state index contributed by atoms with van der Waals surface area (Å²) in [5.41, 5.74) is 6.24. The Kier molecular flexibility index (Phi) is 7.39. The number of sulfonamides is 1. The molecule has 1 saturated heterocycles. The van der Waals surface area contributed by atoms with Crippen molar-refractivity contribution in [3.63, 3.8) is 0 Å². The number of carbonyl (C=O) groups excluding carboxylic acids is 1. The molecular formula is C23H29NO4S2. The molecule has 0 bridgehead atoms. The summed E-state index contributed by atoms with van der Waals surface area (Å²) in [7, 11) is -3.49. The van der Waals surface area contributed by atoms with Crippen molar-refractivity contribution in [1.82, 2.24) is 4.31 Å². The van der Waals surface area contributed by atoms with Crippen LogP contribution in [0.15, 0.2) is 35.2 Å². The Labute approximate surface area is 183 Å². The Morgan fingerprint density at radius 3 is 2.43 bits per heavy atom. The molecule has 162 valence electrons. The third-order valence-corrected chi connectivity index (χ3v) is 8.43. The van der Waals surface area contributed by atoms with Gasteiger partial charge in [-0.15, -0.1) is 0 Å². The van der Waals surface area contributed by atoms with Crippen LogP contribution in [0, 0.1) is 20.8 Å². The summed E-state index contributed by atoms with van der Waals surface area (Å²) >= 11 is 1.73. The molecule has 3 rings (SSSR count). The number of ketones is 1. The SMILES string of the molecule is CC(=O)c1c(C)cc(C)c(CSCc2cccc(S(=O)(=O)N3CCOCC3)c2)c1C. The van der Waals surface area contributed by atoms with Gasteiger partial charge in [-0.3, -0.25) is 4.79 Å². The minimum absolute atomic E-state index is 0.0947. The van der Waals surface area contributed by atoms with Crippen molar-refractivity contribution in [2.24, 2.45) is 0 Å². The summed E-state index contributed by atoms with van der Waals surface area (Å²) < 4.78 is 32.5. The monoisotopic (exact) mass is 447 g/mol. The maximum absolute atomic E-state index is 12.9. The van der Waals surface area contributed by atoms with E-state index in [4.69, 9.17) is 4.74 Å². The molecule has 1 fully saturated rings. The lowest BCUT2D eigenvalue weighted by atomic mass is 9.92. The number of aryl methyl sites for hydroxylation is 2. The Bertz CT molecular complexity index is 1040. The maximum atomic E-state index is 12.9. The van der Waals surface area contributed by atoms with Gasteiger partial charge in [0.1, 0.15) is 0 Å². The number of carbonyl (C=O) groups is 1. The van der Waals surface area contributed by atoms with Gasteiger partial charge in [-0.05, 0) is 67.6 Å². The summed E-state index contributed by atoms with van der Waals surface area (Å²) in [6.07, 6.45) is 0. The molecule has 30 heavy (non-hydrogen) atoms. The van der Waals surface area contributed by atoms with Gasteiger partial charge in [0.05, 0.1) is 18.1 Å². The molecule has 0 N–H and O–H groups in total. The van der Waals surface area contributed by atoms with Gasteiger partial charge in [0.2, 0.25) is 10.0 Å². The van der Waals surface area contributed by atoms with E-state index in [-0.39, 0.29) is 5.78 Å². The highest BCUT2D eigenvalue weighted by atomic mass is 32.2. The van der Waals surface area contributed by atoms with Crippen LogP contribution in [-0.2, 0) is 26.3 Å². The number of Topliss-reactive ketones (excluding diaryl/α,β-unsaturated/α-hetero) is 1. The van der Waals surface area contributed by atoms with E-state index in [1.165, 1.54) is 15.4 Å². The molecule has 0 unspecified atom stereocenters. The Morgan fingerprint density at radius 2 is 1.77 bits per heavy atom. The van der Waals surface area contributed by atoms with Gasteiger partial charge in [-0.1, -0.05) is 18.2 Å². The first-order chi connectivity index (χ1) is 14.2. The smallest absolute Gasteiger partial charge is 0.243 e. The van der Waals surface area contributed by atoms with Crippen LogP contribution < -0.4 is 0 Å². The predicted octanol–water partition coefficient (Wildman–Crippen LogP) is 4.27. The van der Waals surface area contributed by atoms with Gasteiger partial charge in [0, 0.05) is 30.2 Å². The minimum atomic E-state index is -3.49. The lowest BCUT2D eigenvalue weighted by molar-refractivity contribution is 0.0730. The molecule has 0 aromatic heterocycles. The van der Waals surface area contributed by atoms with Crippen LogP contribution >= 0.6 is 11.8 Å². The van der Waals surface area contributed by atoms with E-state index in [1.807, 2.05) is 19.9 Å².